The SMILES string of the molecule is CN=C(NCCCOC1CCOCC1)NC1CCCN(c2ccccc2Cl)C1.I. The van der Waals surface area contributed by atoms with E-state index in [1.165, 1.54) is 0 Å². The van der Waals surface area contributed by atoms with E-state index in [0.717, 1.165) is 88.2 Å². The molecule has 0 aromatic heterocycles. The first kappa shape index (κ1) is 24.5. The lowest BCUT2D eigenvalue weighted by molar-refractivity contribution is -0.0320. The first-order valence-corrected chi connectivity index (χ1v) is 10.8. The third-order valence-corrected chi connectivity index (χ3v) is 5.63. The average molecular weight is 537 g/mol. The summed E-state index contributed by atoms with van der Waals surface area (Å²) in [6.07, 6.45) is 5.63. The monoisotopic (exact) mass is 536 g/mol. The molecule has 0 aliphatic carbocycles. The third-order valence-electron chi connectivity index (χ3n) is 5.31. The number of benzene rings is 1. The van der Waals surface area contributed by atoms with Crippen molar-refractivity contribution in [3.05, 3.63) is 29.3 Å². The van der Waals surface area contributed by atoms with Crippen LogP contribution in [0.15, 0.2) is 29.3 Å². The van der Waals surface area contributed by atoms with E-state index in [-0.39, 0.29) is 24.0 Å². The van der Waals surface area contributed by atoms with Gasteiger partial charge in [0.2, 0.25) is 0 Å². The van der Waals surface area contributed by atoms with E-state index in [2.05, 4.69) is 26.6 Å². The molecule has 0 amide bonds. The number of piperidine rings is 1. The number of ether oxygens (including phenoxy) is 2. The Kier molecular flexibility index (Phi) is 11.4. The zero-order valence-electron chi connectivity index (χ0n) is 17.2. The number of halogens is 2. The van der Waals surface area contributed by atoms with Crippen molar-refractivity contribution < 1.29 is 9.47 Å². The fourth-order valence-electron chi connectivity index (χ4n) is 3.78. The summed E-state index contributed by atoms with van der Waals surface area (Å²) in [6, 6.07) is 8.42. The van der Waals surface area contributed by atoms with Crippen LogP contribution in [-0.4, -0.2) is 64.6 Å². The molecule has 6 nitrogen and oxygen atoms in total. The topological polar surface area (TPSA) is 58.1 Å². The summed E-state index contributed by atoms with van der Waals surface area (Å²) in [5.74, 6) is 0.858. The van der Waals surface area contributed by atoms with Crippen LogP contribution in [0.5, 0.6) is 0 Å². The number of hydrogen-bond donors (Lipinski definition) is 2. The molecule has 0 radical (unpaired) electrons. The van der Waals surface area contributed by atoms with Crippen molar-refractivity contribution in [2.75, 3.05) is 51.4 Å². The highest BCUT2D eigenvalue weighted by Gasteiger charge is 2.22. The van der Waals surface area contributed by atoms with Crippen molar-refractivity contribution in [2.24, 2.45) is 4.99 Å². The van der Waals surface area contributed by atoms with E-state index in [4.69, 9.17) is 21.1 Å². The molecule has 0 bridgehead atoms. The van der Waals surface area contributed by atoms with Gasteiger partial charge in [-0.25, -0.2) is 0 Å². The highest BCUT2D eigenvalue weighted by Crippen LogP contribution is 2.27. The highest BCUT2D eigenvalue weighted by molar-refractivity contribution is 14.0. The maximum absolute atomic E-state index is 6.38. The Bertz CT molecular complexity index is 628. The van der Waals surface area contributed by atoms with Gasteiger partial charge in [0.05, 0.1) is 16.8 Å². The lowest BCUT2D eigenvalue weighted by atomic mass is 10.0. The maximum atomic E-state index is 6.38. The van der Waals surface area contributed by atoms with Crippen molar-refractivity contribution in [2.45, 2.75) is 44.2 Å². The predicted octanol–water partition coefficient (Wildman–Crippen LogP) is 3.68. The zero-order valence-corrected chi connectivity index (χ0v) is 20.3. The van der Waals surface area contributed by atoms with Gasteiger partial charge in [-0.3, -0.25) is 4.99 Å². The number of nitrogens with zero attached hydrogens (tertiary/aromatic N) is 2. The van der Waals surface area contributed by atoms with Gasteiger partial charge in [0, 0.05) is 52.5 Å². The summed E-state index contributed by atoms with van der Waals surface area (Å²) in [5.41, 5.74) is 1.11. The number of rotatable bonds is 7. The molecule has 2 N–H and O–H groups in total. The van der Waals surface area contributed by atoms with Crippen molar-refractivity contribution in [3.63, 3.8) is 0 Å². The molecular weight excluding hydrogens is 503 g/mol. The minimum Gasteiger partial charge on any atom is -0.381 e. The van der Waals surface area contributed by atoms with E-state index in [1.54, 1.807) is 0 Å². The van der Waals surface area contributed by atoms with Gasteiger partial charge in [0.15, 0.2) is 5.96 Å². The molecule has 1 aromatic rings. The second-order valence-electron chi connectivity index (χ2n) is 7.42. The molecule has 0 spiro atoms. The summed E-state index contributed by atoms with van der Waals surface area (Å²) < 4.78 is 11.3. The van der Waals surface area contributed by atoms with Crippen LogP contribution in [-0.2, 0) is 9.47 Å². The van der Waals surface area contributed by atoms with Crippen LogP contribution in [0.4, 0.5) is 5.69 Å². The van der Waals surface area contributed by atoms with Gasteiger partial charge in [0.25, 0.3) is 0 Å². The van der Waals surface area contributed by atoms with E-state index >= 15 is 0 Å². The summed E-state index contributed by atoms with van der Waals surface area (Å²) in [4.78, 5) is 6.74. The Labute approximate surface area is 196 Å². The summed E-state index contributed by atoms with van der Waals surface area (Å²) in [5, 5.41) is 7.79. The Hall–Kier alpha value is -0.770. The molecule has 2 heterocycles. The Balaban J connectivity index is 0.00000300. The van der Waals surface area contributed by atoms with Crippen molar-refractivity contribution in [1.82, 2.24) is 10.6 Å². The second kappa shape index (κ2) is 13.5. The molecule has 3 rings (SSSR count). The standard InChI is InChI=1S/C21H33ClN4O2.HI/c1-23-21(24-11-5-13-28-18-9-14-27-15-10-18)25-17-6-4-12-26(16-17)20-8-3-2-7-19(20)22;/h2-3,7-8,17-18H,4-6,9-16H2,1H3,(H2,23,24,25);1H. The number of anilines is 1. The molecule has 2 aliphatic rings. The lowest BCUT2D eigenvalue weighted by Gasteiger charge is -2.35. The van der Waals surface area contributed by atoms with E-state index in [1.807, 2.05) is 25.2 Å². The maximum Gasteiger partial charge on any atom is 0.191 e. The zero-order chi connectivity index (χ0) is 19.6. The van der Waals surface area contributed by atoms with Crippen LogP contribution in [0.1, 0.15) is 32.1 Å². The molecule has 2 aliphatic heterocycles. The quantitative estimate of drug-likeness (QED) is 0.241. The summed E-state index contributed by atoms with van der Waals surface area (Å²) >= 11 is 6.38. The van der Waals surface area contributed by atoms with Gasteiger partial charge in [0.1, 0.15) is 0 Å². The molecule has 2 fully saturated rings. The Morgan fingerprint density at radius 3 is 2.83 bits per heavy atom. The van der Waals surface area contributed by atoms with Crippen LogP contribution >= 0.6 is 35.6 Å². The van der Waals surface area contributed by atoms with E-state index in [0.29, 0.717) is 12.1 Å². The van der Waals surface area contributed by atoms with Crippen molar-refractivity contribution in [1.29, 1.82) is 0 Å². The average Bonchev–Trinajstić information content (AvgIpc) is 2.74. The molecular formula is C21H34ClIN4O2. The highest BCUT2D eigenvalue weighted by atomic mass is 127. The van der Waals surface area contributed by atoms with Gasteiger partial charge in [-0.15, -0.1) is 24.0 Å². The molecule has 164 valence electrons. The number of para-hydroxylation sites is 1. The van der Waals surface area contributed by atoms with Crippen LogP contribution in [0.25, 0.3) is 0 Å². The van der Waals surface area contributed by atoms with Crippen LogP contribution in [0.3, 0.4) is 0 Å². The molecule has 0 saturated carbocycles. The predicted molar refractivity (Wildman–Crippen MR) is 131 cm³/mol. The first-order chi connectivity index (χ1) is 13.8. The molecule has 29 heavy (non-hydrogen) atoms. The summed E-state index contributed by atoms with van der Waals surface area (Å²) in [6.45, 7) is 5.25. The van der Waals surface area contributed by atoms with Gasteiger partial charge < -0.3 is 25.0 Å². The molecule has 1 aromatic carbocycles. The Morgan fingerprint density at radius 1 is 1.28 bits per heavy atom. The minimum atomic E-state index is 0. The number of aliphatic imine (C=N–C) groups is 1. The molecule has 1 atom stereocenters. The molecule has 2 saturated heterocycles. The van der Waals surface area contributed by atoms with E-state index < -0.39 is 0 Å². The van der Waals surface area contributed by atoms with Crippen LogP contribution < -0.4 is 15.5 Å². The first-order valence-electron chi connectivity index (χ1n) is 10.4. The molecule has 1 unspecified atom stereocenters. The number of hydrogen-bond acceptors (Lipinski definition) is 4. The van der Waals surface area contributed by atoms with Gasteiger partial charge in [-0.2, -0.15) is 0 Å². The van der Waals surface area contributed by atoms with Crippen molar-refractivity contribution >= 4 is 47.2 Å². The number of guanidine groups is 1. The van der Waals surface area contributed by atoms with Crippen LogP contribution in [0.2, 0.25) is 5.02 Å². The fourth-order valence-corrected chi connectivity index (χ4v) is 4.04. The van der Waals surface area contributed by atoms with Gasteiger partial charge in [-0.1, -0.05) is 23.7 Å². The second-order valence-corrected chi connectivity index (χ2v) is 7.82. The third kappa shape index (κ3) is 8.11. The van der Waals surface area contributed by atoms with Crippen molar-refractivity contribution in [3.8, 4) is 0 Å². The summed E-state index contributed by atoms with van der Waals surface area (Å²) in [7, 11) is 1.82. The smallest absolute Gasteiger partial charge is 0.191 e. The van der Waals surface area contributed by atoms with E-state index in [9.17, 15) is 0 Å². The fraction of sp³-hybridized carbons (Fsp3) is 0.667. The molecule has 8 heteroatoms. The minimum absolute atomic E-state index is 0. The Morgan fingerprint density at radius 2 is 2.07 bits per heavy atom. The largest absolute Gasteiger partial charge is 0.381 e. The number of nitrogens with one attached hydrogen (secondary N) is 2. The van der Waals surface area contributed by atoms with Crippen LogP contribution in [0, 0.1) is 0 Å². The lowest BCUT2D eigenvalue weighted by Crippen LogP contribution is -2.51. The van der Waals surface area contributed by atoms with Gasteiger partial charge in [-0.05, 0) is 44.2 Å². The normalized spacial score (nSPS) is 20.8. The van der Waals surface area contributed by atoms with Gasteiger partial charge >= 0.3 is 0 Å².